The number of hydrogen-bond acceptors (Lipinski definition) is 1. The standard InChI is InChI=1S/C15H29N/c1-5-16-11-13-10-15(13)8-6-12(7-9-15)14(2,3)4/h12-13,16H,5-11H2,1-4H3. The summed E-state index contributed by atoms with van der Waals surface area (Å²) in [6.45, 7) is 11.9. The van der Waals surface area contributed by atoms with Crippen LogP contribution in [-0.4, -0.2) is 13.1 Å². The normalized spacial score (nSPS) is 39.0. The maximum absolute atomic E-state index is 3.52. The highest BCUT2D eigenvalue weighted by molar-refractivity contribution is 5.05. The van der Waals surface area contributed by atoms with Crippen molar-refractivity contribution >= 4 is 0 Å². The second-order valence-electron chi connectivity index (χ2n) is 7.21. The molecule has 2 aliphatic carbocycles. The van der Waals surface area contributed by atoms with Gasteiger partial charge in [0.25, 0.3) is 0 Å². The molecule has 2 saturated carbocycles. The Bertz CT molecular complexity index is 230. The van der Waals surface area contributed by atoms with Crippen molar-refractivity contribution in [3.05, 3.63) is 0 Å². The predicted molar refractivity (Wildman–Crippen MR) is 70.5 cm³/mol. The second kappa shape index (κ2) is 4.33. The summed E-state index contributed by atoms with van der Waals surface area (Å²) >= 11 is 0. The molecule has 1 N–H and O–H groups in total. The smallest absolute Gasteiger partial charge is 0.00151 e. The molecular formula is C15H29N. The zero-order chi connectivity index (χ0) is 11.8. The van der Waals surface area contributed by atoms with Gasteiger partial charge < -0.3 is 5.32 Å². The molecule has 1 nitrogen and oxygen atoms in total. The van der Waals surface area contributed by atoms with E-state index in [1.165, 1.54) is 38.6 Å². The van der Waals surface area contributed by atoms with E-state index in [-0.39, 0.29) is 0 Å². The van der Waals surface area contributed by atoms with Gasteiger partial charge in [0.05, 0.1) is 0 Å². The highest BCUT2D eigenvalue weighted by atomic mass is 14.9. The summed E-state index contributed by atoms with van der Waals surface area (Å²) in [6.07, 6.45) is 7.48. The minimum atomic E-state index is 0.535. The zero-order valence-corrected chi connectivity index (χ0v) is 11.6. The fraction of sp³-hybridized carbons (Fsp3) is 1.00. The summed E-state index contributed by atoms with van der Waals surface area (Å²) in [5.41, 5.74) is 1.32. The number of nitrogens with one attached hydrogen (secondary N) is 1. The average molecular weight is 223 g/mol. The van der Waals surface area contributed by atoms with Gasteiger partial charge in [0.15, 0.2) is 0 Å². The minimum absolute atomic E-state index is 0.535. The first-order valence-electron chi connectivity index (χ1n) is 7.19. The van der Waals surface area contributed by atoms with E-state index in [0.717, 1.165) is 23.8 Å². The summed E-state index contributed by atoms with van der Waals surface area (Å²) in [5, 5.41) is 3.52. The molecule has 0 aromatic heterocycles. The second-order valence-corrected chi connectivity index (χ2v) is 7.21. The third-order valence-electron chi connectivity index (χ3n) is 5.21. The van der Waals surface area contributed by atoms with E-state index in [1.54, 1.807) is 0 Å². The minimum Gasteiger partial charge on any atom is -0.317 e. The van der Waals surface area contributed by atoms with Crippen LogP contribution in [0.15, 0.2) is 0 Å². The maximum Gasteiger partial charge on any atom is -0.00151 e. The topological polar surface area (TPSA) is 12.0 Å². The molecule has 16 heavy (non-hydrogen) atoms. The van der Waals surface area contributed by atoms with Crippen LogP contribution in [0, 0.1) is 22.7 Å². The molecule has 1 unspecified atom stereocenters. The highest BCUT2D eigenvalue weighted by Crippen LogP contribution is 2.63. The largest absolute Gasteiger partial charge is 0.317 e. The summed E-state index contributed by atoms with van der Waals surface area (Å²) in [4.78, 5) is 0. The molecule has 1 atom stereocenters. The number of rotatable bonds is 3. The van der Waals surface area contributed by atoms with Crippen molar-refractivity contribution in [3.63, 3.8) is 0 Å². The predicted octanol–water partition coefficient (Wildman–Crippen LogP) is 3.84. The summed E-state index contributed by atoms with van der Waals surface area (Å²) < 4.78 is 0. The Balaban J connectivity index is 1.79. The van der Waals surface area contributed by atoms with Gasteiger partial charge in [0, 0.05) is 0 Å². The fourth-order valence-corrected chi connectivity index (χ4v) is 3.71. The van der Waals surface area contributed by atoms with Gasteiger partial charge in [-0.2, -0.15) is 0 Å². The SMILES string of the molecule is CCNCC1CC12CCC(C(C)(C)C)CC2. The molecule has 0 amide bonds. The van der Waals surface area contributed by atoms with E-state index in [0.29, 0.717) is 5.41 Å². The van der Waals surface area contributed by atoms with Crippen molar-refractivity contribution < 1.29 is 0 Å². The molecule has 1 heteroatoms. The van der Waals surface area contributed by atoms with Gasteiger partial charge in [-0.15, -0.1) is 0 Å². The van der Waals surface area contributed by atoms with Crippen LogP contribution >= 0.6 is 0 Å². The van der Waals surface area contributed by atoms with Gasteiger partial charge in [-0.05, 0) is 67.9 Å². The third kappa shape index (κ3) is 2.45. The van der Waals surface area contributed by atoms with Gasteiger partial charge in [-0.1, -0.05) is 27.7 Å². The fourth-order valence-electron chi connectivity index (χ4n) is 3.71. The molecule has 0 saturated heterocycles. The Morgan fingerprint density at radius 3 is 2.31 bits per heavy atom. The van der Waals surface area contributed by atoms with Gasteiger partial charge in [-0.25, -0.2) is 0 Å². The lowest BCUT2D eigenvalue weighted by atomic mass is 9.68. The highest BCUT2D eigenvalue weighted by Gasteiger charge is 2.54. The average Bonchev–Trinajstić information content (AvgIpc) is 2.87. The summed E-state index contributed by atoms with van der Waals surface area (Å²) in [7, 11) is 0. The van der Waals surface area contributed by atoms with Crippen molar-refractivity contribution in [2.75, 3.05) is 13.1 Å². The molecule has 0 aromatic carbocycles. The van der Waals surface area contributed by atoms with Gasteiger partial charge >= 0.3 is 0 Å². The number of hydrogen-bond donors (Lipinski definition) is 1. The van der Waals surface area contributed by atoms with Gasteiger partial charge in [0.1, 0.15) is 0 Å². The van der Waals surface area contributed by atoms with Crippen LogP contribution in [-0.2, 0) is 0 Å². The van der Waals surface area contributed by atoms with Crippen LogP contribution in [0.3, 0.4) is 0 Å². The molecule has 2 rings (SSSR count). The van der Waals surface area contributed by atoms with E-state index in [4.69, 9.17) is 0 Å². The van der Waals surface area contributed by atoms with Crippen molar-refractivity contribution in [2.24, 2.45) is 22.7 Å². The zero-order valence-electron chi connectivity index (χ0n) is 11.6. The Kier molecular flexibility index (Phi) is 3.36. The first-order valence-corrected chi connectivity index (χ1v) is 7.19. The molecule has 1 spiro atoms. The molecule has 0 aliphatic heterocycles. The molecule has 0 radical (unpaired) electrons. The van der Waals surface area contributed by atoms with E-state index in [1.807, 2.05) is 0 Å². The molecule has 94 valence electrons. The quantitative estimate of drug-likeness (QED) is 0.766. The van der Waals surface area contributed by atoms with Crippen molar-refractivity contribution in [2.45, 2.75) is 59.8 Å². The van der Waals surface area contributed by atoms with Crippen LogP contribution in [0.5, 0.6) is 0 Å². The first-order chi connectivity index (χ1) is 7.48. The monoisotopic (exact) mass is 223 g/mol. The van der Waals surface area contributed by atoms with Gasteiger partial charge in [0.2, 0.25) is 0 Å². The van der Waals surface area contributed by atoms with Crippen LogP contribution < -0.4 is 5.32 Å². The van der Waals surface area contributed by atoms with Crippen molar-refractivity contribution in [1.29, 1.82) is 0 Å². The van der Waals surface area contributed by atoms with E-state index < -0.39 is 0 Å². The Hall–Kier alpha value is -0.0400. The van der Waals surface area contributed by atoms with Crippen molar-refractivity contribution in [1.82, 2.24) is 5.32 Å². The Morgan fingerprint density at radius 2 is 1.81 bits per heavy atom. The van der Waals surface area contributed by atoms with E-state index in [2.05, 4.69) is 33.0 Å². The van der Waals surface area contributed by atoms with Crippen LogP contribution in [0.1, 0.15) is 59.8 Å². The van der Waals surface area contributed by atoms with Crippen LogP contribution in [0.2, 0.25) is 0 Å². The van der Waals surface area contributed by atoms with Crippen molar-refractivity contribution in [3.8, 4) is 0 Å². The molecule has 0 bridgehead atoms. The van der Waals surface area contributed by atoms with E-state index in [9.17, 15) is 0 Å². The maximum atomic E-state index is 3.52. The summed E-state index contributed by atoms with van der Waals surface area (Å²) in [5.74, 6) is 1.98. The molecule has 0 aromatic rings. The van der Waals surface area contributed by atoms with Crippen LogP contribution in [0.4, 0.5) is 0 Å². The lowest BCUT2D eigenvalue weighted by Gasteiger charge is -2.37. The Morgan fingerprint density at radius 1 is 1.19 bits per heavy atom. The lowest BCUT2D eigenvalue weighted by molar-refractivity contribution is 0.134. The molecule has 2 aliphatic rings. The molecular weight excluding hydrogens is 194 g/mol. The van der Waals surface area contributed by atoms with Crippen LogP contribution in [0.25, 0.3) is 0 Å². The third-order valence-corrected chi connectivity index (χ3v) is 5.21. The lowest BCUT2D eigenvalue weighted by Crippen LogP contribution is -2.28. The first kappa shape index (κ1) is 12.4. The van der Waals surface area contributed by atoms with Gasteiger partial charge in [-0.3, -0.25) is 0 Å². The molecule has 2 fully saturated rings. The molecule has 0 heterocycles. The summed E-state index contributed by atoms with van der Waals surface area (Å²) in [6, 6.07) is 0. The van der Waals surface area contributed by atoms with E-state index >= 15 is 0 Å². The Labute approximate surface area is 101 Å².